The molecule has 20 heavy (non-hydrogen) atoms. The third kappa shape index (κ3) is 2.10. The van der Waals surface area contributed by atoms with E-state index in [0.717, 1.165) is 43.9 Å². The summed E-state index contributed by atoms with van der Waals surface area (Å²) < 4.78 is 0.932. The van der Waals surface area contributed by atoms with E-state index in [2.05, 4.69) is 21.2 Å². The molecule has 0 amide bonds. The largest absolute Gasteiger partial charge is 0.380 e. The molecule has 0 heterocycles. The Morgan fingerprint density at radius 3 is 2.45 bits per heavy atom. The van der Waals surface area contributed by atoms with Gasteiger partial charge < -0.3 is 5.32 Å². The van der Waals surface area contributed by atoms with Gasteiger partial charge in [0.05, 0.1) is 15.7 Å². The molecule has 0 spiro atoms. The van der Waals surface area contributed by atoms with Gasteiger partial charge in [0.15, 0.2) is 0 Å². The normalized spacial score (nSPS) is 38.2. The van der Waals surface area contributed by atoms with Crippen molar-refractivity contribution < 1.29 is 0 Å². The second-order valence-corrected chi connectivity index (χ2v) is 8.38. The summed E-state index contributed by atoms with van der Waals surface area (Å²) in [5.74, 6) is 3.76. The Labute approximate surface area is 138 Å². The van der Waals surface area contributed by atoms with Gasteiger partial charge in [0.25, 0.3) is 0 Å². The first-order chi connectivity index (χ1) is 9.63. The summed E-state index contributed by atoms with van der Waals surface area (Å²) in [7, 11) is 0. The van der Waals surface area contributed by atoms with Gasteiger partial charge in [0, 0.05) is 10.5 Å². The summed E-state index contributed by atoms with van der Waals surface area (Å²) >= 11 is 16.1. The van der Waals surface area contributed by atoms with Gasteiger partial charge in [-0.2, -0.15) is 0 Å². The molecule has 1 N–H and O–H groups in total. The SMILES string of the molecule is Clc1cc(Br)cc(Cl)c1NC1CC2CC1C1CCCC21. The van der Waals surface area contributed by atoms with Gasteiger partial charge in [-0.1, -0.05) is 45.6 Å². The summed E-state index contributed by atoms with van der Waals surface area (Å²) in [5.41, 5.74) is 0.920. The fourth-order valence-corrected chi connectivity index (χ4v) is 6.42. The summed E-state index contributed by atoms with van der Waals surface area (Å²) in [4.78, 5) is 0. The van der Waals surface area contributed by atoms with Crippen molar-refractivity contribution in [2.45, 2.75) is 38.1 Å². The smallest absolute Gasteiger partial charge is 0.0722 e. The molecular weight excluding hydrogens is 357 g/mol. The average Bonchev–Trinajstić information content (AvgIpc) is 3.05. The van der Waals surface area contributed by atoms with Gasteiger partial charge in [-0.25, -0.2) is 0 Å². The molecule has 1 aromatic rings. The Hall–Kier alpha value is 0.0800. The molecular formula is C16H18BrCl2N. The van der Waals surface area contributed by atoms with Crippen molar-refractivity contribution in [3.05, 3.63) is 26.7 Å². The van der Waals surface area contributed by atoms with E-state index in [9.17, 15) is 0 Å². The number of rotatable bonds is 2. The standard InChI is InChI=1S/C16H18BrCl2N/c17-9-6-13(18)16(14(19)7-9)20-15-5-8-4-12(15)11-3-1-2-10(8)11/h6-8,10-12,15,20H,1-5H2. The Morgan fingerprint density at radius 2 is 1.70 bits per heavy atom. The molecule has 4 heteroatoms. The Kier molecular flexibility index (Phi) is 3.48. The van der Waals surface area contributed by atoms with Crippen LogP contribution in [0.2, 0.25) is 10.0 Å². The van der Waals surface area contributed by atoms with Crippen LogP contribution in [0.4, 0.5) is 5.69 Å². The maximum Gasteiger partial charge on any atom is 0.0722 e. The van der Waals surface area contributed by atoms with Gasteiger partial charge in [-0.3, -0.25) is 0 Å². The first-order valence-corrected chi connectivity index (χ1v) is 9.09. The predicted octanol–water partition coefficient (Wildman–Crippen LogP) is 5.99. The van der Waals surface area contributed by atoms with Crippen LogP contribution in [-0.4, -0.2) is 6.04 Å². The highest BCUT2D eigenvalue weighted by Crippen LogP contribution is 2.59. The van der Waals surface area contributed by atoms with Crippen molar-refractivity contribution in [2.24, 2.45) is 23.7 Å². The number of hydrogen-bond donors (Lipinski definition) is 1. The van der Waals surface area contributed by atoms with Crippen LogP contribution in [0.15, 0.2) is 16.6 Å². The molecule has 5 atom stereocenters. The fraction of sp³-hybridized carbons (Fsp3) is 0.625. The summed E-state index contributed by atoms with van der Waals surface area (Å²) in [6.45, 7) is 0. The van der Waals surface area contributed by atoms with E-state index in [0.29, 0.717) is 6.04 Å². The monoisotopic (exact) mass is 373 g/mol. The molecule has 1 aromatic carbocycles. The van der Waals surface area contributed by atoms with Crippen LogP contribution in [0.25, 0.3) is 0 Å². The second-order valence-electron chi connectivity index (χ2n) is 6.65. The third-order valence-corrected chi connectivity index (χ3v) is 6.82. The summed E-state index contributed by atoms with van der Waals surface area (Å²) in [5, 5.41) is 5.10. The Balaban J connectivity index is 1.56. The maximum absolute atomic E-state index is 6.35. The lowest BCUT2D eigenvalue weighted by Crippen LogP contribution is -2.34. The highest BCUT2D eigenvalue weighted by Gasteiger charge is 2.53. The third-order valence-electron chi connectivity index (χ3n) is 5.77. The first kappa shape index (κ1) is 13.7. The molecule has 108 valence electrons. The lowest BCUT2D eigenvalue weighted by molar-refractivity contribution is 0.243. The number of fused-ring (bicyclic) bond motifs is 5. The molecule has 2 bridgehead atoms. The molecule has 0 radical (unpaired) electrons. The van der Waals surface area contributed by atoms with Gasteiger partial charge in [-0.15, -0.1) is 0 Å². The summed E-state index contributed by atoms with van der Waals surface area (Å²) in [6, 6.07) is 4.40. The van der Waals surface area contributed by atoms with E-state index in [1.165, 1.54) is 32.1 Å². The zero-order valence-corrected chi connectivity index (χ0v) is 14.3. The van der Waals surface area contributed by atoms with Crippen LogP contribution >= 0.6 is 39.1 Å². The molecule has 3 aliphatic rings. The number of nitrogens with one attached hydrogen (secondary N) is 1. The minimum Gasteiger partial charge on any atom is -0.380 e. The van der Waals surface area contributed by atoms with Crippen molar-refractivity contribution in [3.8, 4) is 0 Å². The molecule has 3 fully saturated rings. The lowest BCUT2D eigenvalue weighted by Gasteiger charge is -2.33. The first-order valence-electron chi connectivity index (χ1n) is 7.54. The van der Waals surface area contributed by atoms with E-state index in [4.69, 9.17) is 23.2 Å². The molecule has 0 aromatic heterocycles. The Bertz CT molecular complexity index is 524. The minimum atomic E-state index is 0.565. The number of hydrogen-bond acceptors (Lipinski definition) is 1. The van der Waals surface area contributed by atoms with Gasteiger partial charge in [0.1, 0.15) is 0 Å². The zero-order valence-electron chi connectivity index (χ0n) is 11.2. The van der Waals surface area contributed by atoms with Gasteiger partial charge >= 0.3 is 0 Å². The minimum absolute atomic E-state index is 0.565. The van der Waals surface area contributed by atoms with Crippen molar-refractivity contribution in [2.75, 3.05) is 5.32 Å². The quantitative estimate of drug-likeness (QED) is 0.669. The van der Waals surface area contributed by atoms with Crippen LogP contribution in [0.5, 0.6) is 0 Å². The second kappa shape index (κ2) is 5.07. The molecule has 0 aliphatic heterocycles. The maximum atomic E-state index is 6.35. The van der Waals surface area contributed by atoms with Crippen molar-refractivity contribution in [3.63, 3.8) is 0 Å². The molecule has 1 nitrogen and oxygen atoms in total. The fourth-order valence-electron chi connectivity index (χ4n) is 5.10. The van der Waals surface area contributed by atoms with Crippen LogP contribution in [0.1, 0.15) is 32.1 Å². The van der Waals surface area contributed by atoms with Crippen LogP contribution in [0.3, 0.4) is 0 Å². The van der Waals surface area contributed by atoms with E-state index in [1.54, 1.807) is 0 Å². The number of anilines is 1. The van der Waals surface area contributed by atoms with Gasteiger partial charge in [0.2, 0.25) is 0 Å². The van der Waals surface area contributed by atoms with Crippen LogP contribution in [-0.2, 0) is 0 Å². The predicted molar refractivity (Wildman–Crippen MR) is 88.6 cm³/mol. The highest BCUT2D eigenvalue weighted by atomic mass is 79.9. The number of benzene rings is 1. The highest BCUT2D eigenvalue weighted by molar-refractivity contribution is 9.10. The van der Waals surface area contributed by atoms with E-state index in [1.807, 2.05) is 12.1 Å². The molecule has 0 saturated heterocycles. The Morgan fingerprint density at radius 1 is 1.00 bits per heavy atom. The van der Waals surface area contributed by atoms with E-state index < -0.39 is 0 Å². The summed E-state index contributed by atoms with van der Waals surface area (Å²) in [6.07, 6.45) is 7.06. The average molecular weight is 375 g/mol. The van der Waals surface area contributed by atoms with Crippen molar-refractivity contribution >= 4 is 44.8 Å². The zero-order chi connectivity index (χ0) is 13.9. The molecule has 3 saturated carbocycles. The molecule has 3 aliphatic carbocycles. The van der Waals surface area contributed by atoms with Crippen molar-refractivity contribution in [1.82, 2.24) is 0 Å². The van der Waals surface area contributed by atoms with Crippen LogP contribution in [0, 0.1) is 23.7 Å². The molecule has 4 rings (SSSR count). The number of halogens is 3. The molecule has 5 unspecified atom stereocenters. The topological polar surface area (TPSA) is 12.0 Å². The van der Waals surface area contributed by atoms with E-state index in [-0.39, 0.29) is 0 Å². The van der Waals surface area contributed by atoms with Crippen LogP contribution < -0.4 is 5.32 Å². The lowest BCUT2D eigenvalue weighted by atomic mass is 9.79. The van der Waals surface area contributed by atoms with Gasteiger partial charge in [-0.05, 0) is 61.5 Å². The van der Waals surface area contributed by atoms with E-state index >= 15 is 0 Å². The van der Waals surface area contributed by atoms with Crippen molar-refractivity contribution in [1.29, 1.82) is 0 Å².